The second kappa shape index (κ2) is 30.3. The van der Waals surface area contributed by atoms with E-state index in [1.165, 1.54) is 51.4 Å². The third-order valence-electron chi connectivity index (χ3n) is 6.91. The standard InChI is InChI=1S/C34H61O8P/c1-3-5-7-9-11-13-14-15-16-17-18-19-20-21-23-24-26-28-33(35)40-30-32(31-41-43(37,38)39)42-34(36)29-27-25-22-12-10-8-6-4-2/h11,13,15-16,18-19,32H,3-10,12,14,17,20-31H2,1-2H3,(H2,37,38,39)/b13-11+,16-15+,19-18+/t32-/m1/s1. The summed E-state index contributed by atoms with van der Waals surface area (Å²) >= 11 is 0. The third-order valence-corrected chi connectivity index (χ3v) is 7.40. The van der Waals surface area contributed by atoms with Crippen LogP contribution in [0.3, 0.4) is 0 Å². The number of esters is 2. The van der Waals surface area contributed by atoms with Crippen LogP contribution in [0.2, 0.25) is 0 Å². The zero-order valence-corrected chi connectivity index (χ0v) is 28.0. The van der Waals surface area contributed by atoms with Crippen molar-refractivity contribution in [2.24, 2.45) is 0 Å². The lowest BCUT2D eigenvalue weighted by Gasteiger charge is -2.18. The highest BCUT2D eigenvalue weighted by Crippen LogP contribution is 2.35. The fourth-order valence-corrected chi connectivity index (χ4v) is 4.74. The average molecular weight is 629 g/mol. The van der Waals surface area contributed by atoms with Crippen molar-refractivity contribution >= 4 is 19.8 Å². The average Bonchev–Trinajstić information content (AvgIpc) is 2.97. The number of carbonyl (C=O) groups excluding carboxylic acids is 2. The van der Waals surface area contributed by atoms with Crippen LogP contribution in [-0.2, 0) is 28.2 Å². The van der Waals surface area contributed by atoms with Crippen LogP contribution in [-0.4, -0.2) is 41.0 Å². The molecule has 0 unspecified atom stereocenters. The van der Waals surface area contributed by atoms with Gasteiger partial charge in [-0.3, -0.25) is 14.1 Å². The van der Waals surface area contributed by atoms with Crippen LogP contribution in [0.15, 0.2) is 36.5 Å². The van der Waals surface area contributed by atoms with Crippen molar-refractivity contribution in [3.63, 3.8) is 0 Å². The zero-order valence-electron chi connectivity index (χ0n) is 27.1. The van der Waals surface area contributed by atoms with Gasteiger partial charge in [0.25, 0.3) is 0 Å². The molecule has 9 heteroatoms. The molecule has 0 saturated heterocycles. The molecule has 0 aliphatic carbocycles. The Labute approximate surface area is 262 Å². The van der Waals surface area contributed by atoms with Crippen LogP contribution < -0.4 is 0 Å². The topological polar surface area (TPSA) is 119 Å². The van der Waals surface area contributed by atoms with Gasteiger partial charge in [0.2, 0.25) is 0 Å². The van der Waals surface area contributed by atoms with Gasteiger partial charge in [0.1, 0.15) is 6.61 Å². The molecule has 0 radical (unpaired) electrons. The van der Waals surface area contributed by atoms with E-state index in [2.05, 4.69) is 54.8 Å². The highest BCUT2D eigenvalue weighted by atomic mass is 31.2. The molecule has 0 aromatic carbocycles. The summed E-state index contributed by atoms with van der Waals surface area (Å²) in [5.41, 5.74) is 0. The molecule has 2 N–H and O–H groups in total. The Kier molecular flexibility index (Phi) is 29.1. The second-order valence-corrected chi connectivity index (χ2v) is 12.4. The van der Waals surface area contributed by atoms with Crippen molar-refractivity contribution in [2.75, 3.05) is 13.2 Å². The number of hydrogen-bond acceptors (Lipinski definition) is 6. The van der Waals surface area contributed by atoms with Crippen LogP contribution >= 0.6 is 7.82 Å². The molecule has 250 valence electrons. The molecular formula is C34H61O8P. The first-order valence-corrected chi connectivity index (χ1v) is 18.3. The number of ether oxygens (including phenoxy) is 2. The Balaban J connectivity index is 4.02. The van der Waals surface area contributed by atoms with Gasteiger partial charge in [-0.05, 0) is 51.4 Å². The van der Waals surface area contributed by atoms with E-state index < -0.39 is 32.5 Å². The Morgan fingerprint density at radius 3 is 1.60 bits per heavy atom. The van der Waals surface area contributed by atoms with E-state index in [9.17, 15) is 14.2 Å². The molecule has 0 bridgehead atoms. The summed E-state index contributed by atoms with van der Waals surface area (Å²) in [6, 6.07) is 0. The summed E-state index contributed by atoms with van der Waals surface area (Å²) in [7, 11) is -4.74. The first-order chi connectivity index (χ1) is 20.8. The second-order valence-electron chi connectivity index (χ2n) is 11.1. The molecule has 0 aliphatic rings. The Hall–Kier alpha value is -1.73. The minimum Gasteiger partial charge on any atom is -0.462 e. The van der Waals surface area contributed by atoms with E-state index in [0.717, 1.165) is 57.8 Å². The Morgan fingerprint density at radius 2 is 1.05 bits per heavy atom. The third kappa shape index (κ3) is 33.0. The summed E-state index contributed by atoms with van der Waals surface area (Å²) in [6.45, 7) is 3.57. The lowest BCUT2D eigenvalue weighted by atomic mass is 10.1. The van der Waals surface area contributed by atoms with E-state index in [4.69, 9.17) is 19.3 Å². The number of carbonyl (C=O) groups is 2. The molecule has 0 fully saturated rings. The summed E-state index contributed by atoms with van der Waals surface area (Å²) in [5, 5.41) is 0. The number of unbranched alkanes of at least 4 members (excludes halogenated alkanes) is 14. The molecule has 0 saturated carbocycles. The molecule has 1 atom stereocenters. The molecule has 8 nitrogen and oxygen atoms in total. The normalized spacial score (nSPS) is 12.9. The van der Waals surface area contributed by atoms with Crippen molar-refractivity contribution in [2.45, 2.75) is 155 Å². The largest absolute Gasteiger partial charge is 0.469 e. The first kappa shape index (κ1) is 41.3. The Bertz CT molecular complexity index is 802. The van der Waals surface area contributed by atoms with Gasteiger partial charge in [-0.2, -0.15) is 0 Å². The van der Waals surface area contributed by atoms with Crippen LogP contribution in [0.5, 0.6) is 0 Å². The maximum Gasteiger partial charge on any atom is 0.469 e. The number of allylic oxidation sites excluding steroid dienone is 6. The van der Waals surface area contributed by atoms with E-state index in [1.54, 1.807) is 0 Å². The maximum absolute atomic E-state index is 12.2. The number of phosphoric ester groups is 1. The summed E-state index contributed by atoms with van der Waals surface area (Å²) < 4.78 is 26.1. The van der Waals surface area contributed by atoms with Crippen molar-refractivity contribution in [3.05, 3.63) is 36.5 Å². The lowest BCUT2D eigenvalue weighted by Crippen LogP contribution is -2.29. The molecule has 0 aliphatic heterocycles. The molecule has 0 heterocycles. The molecule has 0 spiro atoms. The summed E-state index contributed by atoms with van der Waals surface area (Å²) in [4.78, 5) is 42.4. The quantitative estimate of drug-likeness (QED) is 0.0349. The van der Waals surface area contributed by atoms with E-state index in [1.807, 2.05) is 0 Å². The predicted molar refractivity (Wildman–Crippen MR) is 175 cm³/mol. The highest BCUT2D eigenvalue weighted by molar-refractivity contribution is 7.46. The fourth-order valence-electron chi connectivity index (χ4n) is 4.38. The molecule has 0 aromatic heterocycles. The first-order valence-electron chi connectivity index (χ1n) is 16.8. The zero-order chi connectivity index (χ0) is 31.9. The van der Waals surface area contributed by atoms with E-state index in [0.29, 0.717) is 12.8 Å². The molecule has 0 amide bonds. The van der Waals surface area contributed by atoms with Crippen molar-refractivity contribution in [3.8, 4) is 0 Å². The summed E-state index contributed by atoms with van der Waals surface area (Å²) in [6.07, 6.45) is 33.1. The van der Waals surface area contributed by atoms with Crippen molar-refractivity contribution in [1.29, 1.82) is 0 Å². The lowest BCUT2D eigenvalue weighted by molar-refractivity contribution is -0.161. The minimum atomic E-state index is -4.74. The summed E-state index contributed by atoms with van der Waals surface area (Å²) in [5.74, 6) is -0.917. The van der Waals surface area contributed by atoms with Crippen LogP contribution in [0.1, 0.15) is 149 Å². The van der Waals surface area contributed by atoms with Gasteiger partial charge in [-0.15, -0.1) is 0 Å². The number of hydrogen-bond donors (Lipinski definition) is 2. The van der Waals surface area contributed by atoms with Gasteiger partial charge >= 0.3 is 19.8 Å². The highest BCUT2D eigenvalue weighted by Gasteiger charge is 2.22. The number of phosphoric acid groups is 1. The Morgan fingerprint density at radius 1 is 0.605 bits per heavy atom. The van der Waals surface area contributed by atoms with Gasteiger partial charge in [0.15, 0.2) is 6.10 Å². The molecule has 0 aromatic rings. The number of rotatable bonds is 30. The fraction of sp³-hybridized carbons (Fsp3) is 0.765. The smallest absolute Gasteiger partial charge is 0.462 e. The molecular weight excluding hydrogens is 567 g/mol. The monoisotopic (exact) mass is 628 g/mol. The van der Waals surface area contributed by atoms with Gasteiger partial charge in [0, 0.05) is 12.8 Å². The van der Waals surface area contributed by atoms with Gasteiger partial charge in [0.05, 0.1) is 6.61 Å². The van der Waals surface area contributed by atoms with E-state index >= 15 is 0 Å². The van der Waals surface area contributed by atoms with Gasteiger partial charge in [-0.25, -0.2) is 4.57 Å². The van der Waals surface area contributed by atoms with Gasteiger partial charge < -0.3 is 19.3 Å². The SMILES string of the molecule is CCCCC/C=C/C/C=C/C/C=C/CCCCCCC(=O)OC[C@H](COP(=O)(O)O)OC(=O)CCCCCCCCCC. The van der Waals surface area contributed by atoms with Crippen LogP contribution in [0.4, 0.5) is 0 Å². The minimum absolute atomic E-state index is 0.206. The van der Waals surface area contributed by atoms with Crippen LogP contribution in [0, 0.1) is 0 Å². The molecule has 43 heavy (non-hydrogen) atoms. The van der Waals surface area contributed by atoms with Gasteiger partial charge in [-0.1, -0.05) is 121 Å². The predicted octanol–water partition coefficient (Wildman–Crippen LogP) is 9.45. The molecule has 0 rings (SSSR count). The van der Waals surface area contributed by atoms with E-state index in [-0.39, 0.29) is 19.4 Å². The maximum atomic E-state index is 12.2. The van der Waals surface area contributed by atoms with Crippen molar-refractivity contribution < 1.29 is 37.9 Å². The van der Waals surface area contributed by atoms with Crippen LogP contribution in [0.25, 0.3) is 0 Å². The van der Waals surface area contributed by atoms with Crippen molar-refractivity contribution in [1.82, 2.24) is 0 Å².